The van der Waals surface area contributed by atoms with Crippen molar-refractivity contribution in [3.05, 3.63) is 71.8 Å². The highest BCUT2D eigenvalue weighted by Gasteiger charge is 2.31. The molecule has 0 saturated carbocycles. The van der Waals surface area contributed by atoms with Crippen molar-refractivity contribution in [1.82, 2.24) is 0 Å². The van der Waals surface area contributed by atoms with E-state index in [1.165, 1.54) is 0 Å². The summed E-state index contributed by atoms with van der Waals surface area (Å²) < 4.78 is 27.9. The molecule has 0 aromatic heterocycles. The maximum absolute atomic E-state index is 12.6. The molecule has 2 aromatic carbocycles. The Morgan fingerprint density at radius 3 is 1.70 bits per heavy atom. The first-order valence-corrected chi connectivity index (χ1v) is 8.47. The molecule has 122 valence electrons. The second kappa shape index (κ2) is 8.60. The summed E-state index contributed by atoms with van der Waals surface area (Å²) in [5.74, 6) is -0.852. The molecule has 0 unspecified atom stereocenters. The van der Waals surface area contributed by atoms with E-state index in [2.05, 4.69) is 0 Å². The van der Waals surface area contributed by atoms with Crippen LogP contribution in [0.15, 0.2) is 60.7 Å². The van der Waals surface area contributed by atoms with Crippen molar-refractivity contribution >= 4 is 13.8 Å². The topological polar surface area (TPSA) is 87.9 Å². The van der Waals surface area contributed by atoms with Crippen LogP contribution in [0.2, 0.25) is 0 Å². The third-order valence-electron chi connectivity index (χ3n) is 2.84. The first kappa shape index (κ1) is 17.4. The van der Waals surface area contributed by atoms with Crippen LogP contribution in [-0.2, 0) is 36.1 Å². The van der Waals surface area contributed by atoms with Crippen molar-refractivity contribution in [1.29, 1.82) is 0 Å². The van der Waals surface area contributed by atoms with E-state index in [-0.39, 0.29) is 13.2 Å². The fraction of sp³-hybridized carbons (Fsp3) is 0.188. The van der Waals surface area contributed by atoms with Crippen molar-refractivity contribution < 1.29 is 22.9 Å². The van der Waals surface area contributed by atoms with Crippen molar-refractivity contribution in [2.24, 2.45) is 5.73 Å². The smallest absolute Gasteiger partial charge is 0.369 e. The number of phosphoric ester groups is 1. The van der Waals surface area contributed by atoms with Crippen molar-refractivity contribution in [3.63, 3.8) is 0 Å². The Balaban J connectivity index is 2.02. The third kappa shape index (κ3) is 5.96. The van der Waals surface area contributed by atoms with Gasteiger partial charge in [0.15, 0.2) is 0 Å². The number of carbonyl (C=O) groups excluding carboxylic acids is 1. The number of carbonyl (C=O) groups is 1. The summed E-state index contributed by atoms with van der Waals surface area (Å²) in [5.41, 5.74) is 6.74. The molecule has 0 radical (unpaired) electrons. The van der Waals surface area contributed by atoms with Gasteiger partial charge in [-0.25, -0.2) is 4.57 Å². The minimum atomic E-state index is -4.05. The number of hydrogen-bond acceptors (Lipinski definition) is 6. The standard InChI is InChI=1S/C16H18NO5P/c17-11-16(18)22-23(19,20-12-14-7-3-1-4-8-14)21-13-15-9-5-2-6-10-15/h1-10H,11-13,17H2. The zero-order valence-electron chi connectivity index (χ0n) is 12.5. The molecule has 2 rings (SSSR count). The maximum atomic E-state index is 12.6. The molecule has 0 spiro atoms. The molecule has 6 nitrogen and oxygen atoms in total. The van der Waals surface area contributed by atoms with E-state index in [9.17, 15) is 9.36 Å². The van der Waals surface area contributed by atoms with Crippen LogP contribution in [0.4, 0.5) is 0 Å². The van der Waals surface area contributed by atoms with Gasteiger partial charge < -0.3 is 10.3 Å². The van der Waals surface area contributed by atoms with Crippen molar-refractivity contribution in [2.75, 3.05) is 6.54 Å². The average molecular weight is 335 g/mol. The quantitative estimate of drug-likeness (QED) is 0.746. The van der Waals surface area contributed by atoms with Gasteiger partial charge in [0.1, 0.15) is 0 Å². The number of phosphoric acid groups is 1. The molecule has 0 aliphatic heterocycles. The largest absolute Gasteiger partial charge is 0.532 e. The Hall–Kier alpha value is -1.98. The van der Waals surface area contributed by atoms with Crippen LogP contribution in [0.25, 0.3) is 0 Å². The van der Waals surface area contributed by atoms with Crippen LogP contribution in [0.3, 0.4) is 0 Å². The Morgan fingerprint density at radius 2 is 1.30 bits per heavy atom. The zero-order valence-corrected chi connectivity index (χ0v) is 13.4. The van der Waals surface area contributed by atoms with E-state index >= 15 is 0 Å². The van der Waals surface area contributed by atoms with Crippen LogP contribution in [0.1, 0.15) is 11.1 Å². The summed E-state index contributed by atoms with van der Waals surface area (Å²) in [6, 6.07) is 18.2. The van der Waals surface area contributed by atoms with Crippen LogP contribution >= 0.6 is 7.82 Å². The summed E-state index contributed by atoms with van der Waals surface area (Å²) in [5, 5.41) is 0. The Labute approximate surface area is 134 Å². The van der Waals surface area contributed by atoms with Crippen LogP contribution < -0.4 is 5.73 Å². The molecule has 0 aliphatic carbocycles. The summed E-state index contributed by atoms with van der Waals surface area (Å²) in [7, 11) is -4.05. The monoisotopic (exact) mass is 335 g/mol. The number of hydrogen-bond donors (Lipinski definition) is 1. The fourth-order valence-corrected chi connectivity index (χ4v) is 2.83. The summed E-state index contributed by atoms with van der Waals surface area (Å²) in [6.07, 6.45) is 0. The van der Waals surface area contributed by atoms with Crippen LogP contribution in [0.5, 0.6) is 0 Å². The van der Waals surface area contributed by atoms with Gasteiger partial charge in [0.2, 0.25) is 0 Å². The van der Waals surface area contributed by atoms with Gasteiger partial charge >= 0.3 is 13.8 Å². The SMILES string of the molecule is NCC(=O)OP(=O)(OCc1ccccc1)OCc1ccccc1. The predicted molar refractivity (Wildman–Crippen MR) is 85.2 cm³/mol. The lowest BCUT2D eigenvalue weighted by Gasteiger charge is -2.17. The summed E-state index contributed by atoms with van der Waals surface area (Å²) >= 11 is 0. The maximum Gasteiger partial charge on any atom is 0.532 e. The number of nitrogens with two attached hydrogens (primary N) is 1. The average Bonchev–Trinajstić information content (AvgIpc) is 2.60. The molecule has 0 amide bonds. The van der Waals surface area contributed by atoms with Crippen LogP contribution in [0, 0.1) is 0 Å². The van der Waals surface area contributed by atoms with Crippen molar-refractivity contribution in [2.45, 2.75) is 13.2 Å². The second-order valence-corrected chi connectivity index (χ2v) is 6.23. The minimum absolute atomic E-state index is 0.00917. The highest BCUT2D eigenvalue weighted by molar-refractivity contribution is 7.49. The summed E-state index contributed by atoms with van der Waals surface area (Å²) in [4.78, 5) is 11.4. The van der Waals surface area contributed by atoms with E-state index in [1.807, 2.05) is 36.4 Å². The third-order valence-corrected chi connectivity index (χ3v) is 4.16. The molecule has 2 aromatic rings. The Kier molecular flexibility index (Phi) is 6.50. The molecule has 0 bridgehead atoms. The molecule has 2 N–H and O–H groups in total. The van der Waals surface area contributed by atoms with Gasteiger partial charge in [0, 0.05) is 0 Å². The normalized spacial score (nSPS) is 11.2. The second-order valence-electron chi connectivity index (χ2n) is 4.63. The number of rotatable bonds is 8. The van der Waals surface area contributed by atoms with E-state index in [4.69, 9.17) is 19.3 Å². The molecule has 0 atom stereocenters. The molecule has 0 fully saturated rings. The first-order valence-electron chi connectivity index (χ1n) is 7.01. The Morgan fingerprint density at radius 1 is 0.870 bits per heavy atom. The molecule has 0 saturated heterocycles. The summed E-state index contributed by atoms with van der Waals surface area (Å²) in [6.45, 7) is -0.428. The van der Waals surface area contributed by atoms with Gasteiger partial charge in [-0.2, -0.15) is 0 Å². The van der Waals surface area contributed by atoms with Gasteiger partial charge in [0.25, 0.3) is 0 Å². The van der Waals surface area contributed by atoms with E-state index in [0.717, 1.165) is 11.1 Å². The molecule has 7 heteroatoms. The molecular formula is C16H18NO5P. The lowest BCUT2D eigenvalue weighted by atomic mass is 10.2. The fourth-order valence-electron chi connectivity index (χ4n) is 1.71. The van der Waals surface area contributed by atoms with Crippen molar-refractivity contribution in [3.8, 4) is 0 Å². The van der Waals surface area contributed by atoms with Gasteiger partial charge in [-0.1, -0.05) is 60.7 Å². The van der Waals surface area contributed by atoms with E-state index in [0.29, 0.717) is 0 Å². The molecule has 0 aliphatic rings. The van der Waals surface area contributed by atoms with Gasteiger partial charge in [-0.15, -0.1) is 0 Å². The van der Waals surface area contributed by atoms with E-state index < -0.39 is 20.3 Å². The molecular weight excluding hydrogens is 317 g/mol. The van der Waals surface area contributed by atoms with Gasteiger partial charge in [-0.05, 0) is 11.1 Å². The highest BCUT2D eigenvalue weighted by atomic mass is 31.2. The lowest BCUT2D eigenvalue weighted by Crippen LogP contribution is -2.17. The first-order chi connectivity index (χ1) is 11.1. The van der Waals surface area contributed by atoms with Gasteiger partial charge in [-0.3, -0.25) is 13.8 Å². The molecule has 23 heavy (non-hydrogen) atoms. The lowest BCUT2D eigenvalue weighted by molar-refractivity contribution is -0.134. The molecule has 0 heterocycles. The minimum Gasteiger partial charge on any atom is -0.369 e. The van der Waals surface area contributed by atoms with Crippen LogP contribution in [-0.4, -0.2) is 12.5 Å². The highest BCUT2D eigenvalue weighted by Crippen LogP contribution is 2.51. The van der Waals surface area contributed by atoms with E-state index in [1.54, 1.807) is 24.3 Å². The predicted octanol–water partition coefficient (Wildman–Crippen LogP) is 3.03. The van der Waals surface area contributed by atoms with Gasteiger partial charge in [0.05, 0.1) is 19.8 Å². The zero-order chi connectivity index (χ0) is 16.5. The Bertz CT molecular complexity index is 615. The number of benzene rings is 2.